The van der Waals surface area contributed by atoms with E-state index in [1.54, 1.807) is 11.0 Å². The molecule has 2 unspecified atom stereocenters. The van der Waals surface area contributed by atoms with E-state index in [-0.39, 0.29) is 25.0 Å². The van der Waals surface area contributed by atoms with Crippen LogP contribution in [0.15, 0.2) is 24.3 Å². The highest BCUT2D eigenvalue weighted by atomic mass is 19.1. The van der Waals surface area contributed by atoms with Gasteiger partial charge in [-0.25, -0.2) is 4.39 Å². The third kappa shape index (κ3) is 4.25. The molecule has 0 bridgehead atoms. The van der Waals surface area contributed by atoms with E-state index in [1.165, 1.54) is 18.2 Å². The fraction of sp³-hybridized carbons (Fsp3) is 0.562. The molecule has 2 rings (SSSR count). The highest BCUT2D eigenvalue weighted by molar-refractivity contribution is 5.77. The summed E-state index contributed by atoms with van der Waals surface area (Å²) < 4.78 is 13.1. The molecule has 0 spiro atoms. The number of nitrogens with zero attached hydrogens (tertiary/aromatic N) is 1. The highest BCUT2D eigenvalue weighted by Crippen LogP contribution is 2.24. The molecular formula is C16H22FNO3. The largest absolute Gasteiger partial charge is 0.396 e. The second-order valence-electron chi connectivity index (χ2n) is 5.52. The zero-order chi connectivity index (χ0) is 15.2. The van der Waals surface area contributed by atoms with Gasteiger partial charge in [0.15, 0.2) is 0 Å². The molecule has 4 nitrogen and oxygen atoms in total. The molecule has 1 amide bonds. The fourth-order valence-electron chi connectivity index (χ4n) is 2.89. The first-order valence-corrected chi connectivity index (χ1v) is 7.45. The van der Waals surface area contributed by atoms with Gasteiger partial charge in [0.2, 0.25) is 5.91 Å². The number of carbonyl (C=O) groups excluding carboxylic acids is 1. The average molecular weight is 295 g/mol. The summed E-state index contributed by atoms with van der Waals surface area (Å²) in [5, 5.41) is 19.2. The number of aliphatic hydroxyl groups is 2. The van der Waals surface area contributed by atoms with Crippen molar-refractivity contribution in [3.05, 3.63) is 35.6 Å². The summed E-state index contributed by atoms with van der Waals surface area (Å²) in [6, 6.07) is 5.74. The van der Waals surface area contributed by atoms with Crippen LogP contribution in [0.3, 0.4) is 0 Å². The maximum absolute atomic E-state index is 13.1. The first-order valence-electron chi connectivity index (χ1n) is 7.45. The van der Waals surface area contributed by atoms with E-state index in [9.17, 15) is 14.3 Å². The summed E-state index contributed by atoms with van der Waals surface area (Å²) in [7, 11) is 0. The molecule has 0 saturated carbocycles. The molecule has 1 aromatic rings. The van der Waals surface area contributed by atoms with Gasteiger partial charge < -0.3 is 15.1 Å². The summed E-state index contributed by atoms with van der Waals surface area (Å²) in [4.78, 5) is 14.1. The van der Waals surface area contributed by atoms with Crippen LogP contribution in [-0.2, 0) is 4.79 Å². The molecule has 116 valence electrons. The summed E-state index contributed by atoms with van der Waals surface area (Å²) in [6.45, 7) is 0.722. The molecule has 21 heavy (non-hydrogen) atoms. The molecule has 2 N–H and O–H groups in total. The van der Waals surface area contributed by atoms with Crippen molar-refractivity contribution in [1.82, 2.24) is 4.90 Å². The van der Waals surface area contributed by atoms with Crippen molar-refractivity contribution < 1.29 is 19.4 Å². The average Bonchev–Trinajstić information content (AvgIpc) is 2.48. The van der Waals surface area contributed by atoms with Crippen LogP contribution in [0.25, 0.3) is 0 Å². The Labute approximate surface area is 124 Å². The Hall–Kier alpha value is -1.46. The van der Waals surface area contributed by atoms with E-state index in [1.807, 2.05) is 0 Å². The Kier molecular flexibility index (Phi) is 5.70. The Morgan fingerprint density at radius 2 is 2.24 bits per heavy atom. The first-order chi connectivity index (χ1) is 10.1. The lowest BCUT2D eigenvalue weighted by molar-refractivity contribution is -0.137. The van der Waals surface area contributed by atoms with Gasteiger partial charge in [-0.3, -0.25) is 4.79 Å². The van der Waals surface area contributed by atoms with Crippen molar-refractivity contribution in [1.29, 1.82) is 0 Å². The third-order valence-electron chi connectivity index (χ3n) is 4.01. The number of rotatable bonds is 5. The fourth-order valence-corrected chi connectivity index (χ4v) is 2.89. The van der Waals surface area contributed by atoms with Gasteiger partial charge in [-0.2, -0.15) is 0 Å². The summed E-state index contributed by atoms with van der Waals surface area (Å²) in [6.07, 6.45) is 2.42. The van der Waals surface area contributed by atoms with Crippen molar-refractivity contribution in [3.8, 4) is 0 Å². The number of hydrogen-bond acceptors (Lipinski definition) is 3. The van der Waals surface area contributed by atoms with Gasteiger partial charge in [-0.05, 0) is 43.4 Å². The van der Waals surface area contributed by atoms with E-state index < -0.39 is 11.9 Å². The van der Waals surface area contributed by atoms with E-state index in [0.717, 1.165) is 19.3 Å². The molecule has 1 aromatic carbocycles. The zero-order valence-electron chi connectivity index (χ0n) is 12.0. The molecule has 0 aliphatic carbocycles. The van der Waals surface area contributed by atoms with Gasteiger partial charge in [0, 0.05) is 19.2 Å². The van der Waals surface area contributed by atoms with Gasteiger partial charge in [0.25, 0.3) is 0 Å². The van der Waals surface area contributed by atoms with Crippen LogP contribution < -0.4 is 0 Å². The molecule has 1 heterocycles. The summed E-state index contributed by atoms with van der Waals surface area (Å²) in [5.74, 6) is -0.556. The van der Waals surface area contributed by atoms with Crippen molar-refractivity contribution in [2.75, 3.05) is 13.2 Å². The lowest BCUT2D eigenvalue weighted by Gasteiger charge is -2.36. The lowest BCUT2D eigenvalue weighted by Crippen LogP contribution is -2.44. The monoisotopic (exact) mass is 295 g/mol. The highest BCUT2D eigenvalue weighted by Gasteiger charge is 2.27. The van der Waals surface area contributed by atoms with Crippen molar-refractivity contribution in [2.45, 2.75) is 44.2 Å². The Morgan fingerprint density at radius 1 is 1.43 bits per heavy atom. The third-order valence-corrected chi connectivity index (χ3v) is 4.01. The molecule has 2 atom stereocenters. The minimum atomic E-state index is -0.995. The molecule has 1 aliphatic heterocycles. The topological polar surface area (TPSA) is 60.8 Å². The quantitative estimate of drug-likeness (QED) is 0.873. The number of benzene rings is 1. The first kappa shape index (κ1) is 15.9. The number of likely N-dealkylation sites (tertiary alicyclic amines) is 1. The molecule has 5 heteroatoms. The molecule has 0 aromatic heterocycles. The summed E-state index contributed by atoms with van der Waals surface area (Å²) in [5.41, 5.74) is 0.416. The van der Waals surface area contributed by atoms with Gasteiger partial charge in [-0.15, -0.1) is 0 Å². The van der Waals surface area contributed by atoms with Crippen LogP contribution in [-0.4, -0.2) is 40.2 Å². The van der Waals surface area contributed by atoms with Gasteiger partial charge >= 0.3 is 0 Å². The number of halogens is 1. The van der Waals surface area contributed by atoms with Crippen molar-refractivity contribution >= 4 is 5.91 Å². The van der Waals surface area contributed by atoms with E-state index in [0.29, 0.717) is 18.5 Å². The maximum atomic E-state index is 13.1. The molecular weight excluding hydrogens is 273 g/mol. The van der Waals surface area contributed by atoms with Crippen LogP contribution in [0.1, 0.15) is 43.8 Å². The van der Waals surface area contributed by atoms with E-state index in [4.69, 9.17) is 5.11 Å². The van der Waals surface area contributed by atoms with Gasteiger partial charge in [-0.1, -0.05) is 12.1 Å². The standard InChI is InChI=1S/C16H22FNO3/c17-13-5-3-4-12(10-13)15(20)11-16(21)18-8-2-1-6-14(18)7-9-19/h3-5,10,14-15,19-20H,1-2,6-9,11H2. The van der Waals surface area contributed by atoms with Crippen LogP contribution in [0.5, 0.6) is 0 Å². The number of hydrogen-bond donors (Lipinski definition) is 2. The molecule has 0 radical (unpaired) electrons. The summed E-state index contributed by atoms with van der Waals surface area (Å²) >= 11 is 0. The van der Waals surface area contributed by atoms with Crippen molar-refractivity contribution in [3.63, 3.8) is 0 Å². The predicted octanol–water partition coefficient (Wildman–Crippen LogP) is 2.01. The van der Waals surface area contributed by atoms with Gasteiger partial charge in [0.05, 0.1) is 12.5 Å². The van der Waals surface area contributed by atoms with Crippen LogP contribution >= 0.6 is 0 Å². The number of amides is 1. The van der Waals surface area contributed by atoms with Crippen LogP contribution in [0.4, 0.5) is 4.39 Å². The van der Waals surface area contributed by atoms with Crippen LogP contribution in [0.2, 0.25) is 0 Å². The smallest absolute Gasteiger partial charge is 0.225 e. The van der Waals surface area contributed by atoms with Crippen LogP contribution in [0, 0.1) is 5.82 Å². The Balaban J connectivity index is 1.99. The minimum absolute atomic E-state index is 0.0502. The second-order valence-corrected chi connectivity index (χ2v) is 5.52. The van der Waals surface area contributed by atoms with Crippen molar-refractivity contribution in [2.24, 2.45) is 0 Å². The SMILES string of the molecule is O=C(CC(O)c1cccc(F)c1)N1CCCCC1CCO. The molecule has 1 fully saturated rings. The maximum Gasteiger partial charge on any atom is 0.225 e. The number of piperidine rings is 1. The number of aliphatic hydroxyl groups excluding tert-OH is 2. The lowest BCUT2D eigenvalue weighted by atomic mass is 9.98. The normalized spacial score (nSPS) is 20.3. The number of carbonyl (C=O) groups is 1. The molecule has 1 aliphatic rings. The van der Waals surface area contributed by atoms with E-state index >= 15 is 0 Å². The second kappa shape index (κ2) is 7.52. The van der Waals surface area contributed by atoms with E-state index in [2.05, 4.69) is 0 Å². The zero-order valence-corrected chi connectivity index (χ0v) is 12.0. The Bertz CT molecular complexity index is 478. The Morgan fingerprint density at radius 3 is 2.95 bits per heavy atom. The van der Waals surface area contributed by atoms with Gasteiger partial charge in [0.1, 0.15) is 5.82 Å². The molecule has 1 saturated heterocycles. The predicted molar refractivity (Wildman–Crippen MR) is 77.0 cm³/mol. The minimum Gasteiger partial charge on any atom is -0.396 e.